The molecule has 2 rings (SSSR count). The molecule has 0 spiro atoms. The van der Waals surface area contributed by atoms with Gasteiger partial charge >= 0.3 is 0 Å². The Balaban J connectivity index is 2.68. The van der Waals surface area contributed by atoms with Crippen LogP contribution in [0.3, 0.4) is 0 Å². The van der Waals surface area contributed by atoms with Crippen LogP contribution in [-0.2, 0) is 0 Å². The Morgan fingerprint density at radius 2 is 1.93 bits per heavy atom. The van der Waals surface area contributed by atoms with Crippen molar-refractivity contribution in [2.75, 3.05) is 7.05 Å². The van der Waals surface area contributed by atoms with E-state index in [1.807, 2.05) is 25.1 Å². The van der Waals surface area contributed by atoms with E-state index in [1.54, 1.807) is 12.1 Å². The number of carbonyl (C=O) groups excluding carboxylic acids is 2. The number of benzene rings is 1. The molecule has 0 aromatic heterocycles. The number of imide groups is 1. The minimum Gasteiger partial charge on any atom is -0.277 e. The van der Waals surface area contributed by atoms with Crippen LogP contribution in [0.5, 0.6) is 0 Å². The fraction of sp³-hybridized carbons (Fsp3) is 0.167. The third kappa shape index (κ3) is 1.28. The normalized spacial score (nSPS) is 15.2. The Labute approximate surface area is 88.0 Å². The van der Waals surface area contributed by atoms with Crippen LogP contribution in [-0.4, -0.2) is 23.8 Å². The maximum Gasteiger partial charge on any atom is 0.261 e. The predicted octanol–water partition coefficient (Wildman–Crippen LogP) is 1.95. The summed E-state index contributed by atoms with van der Waals surface area (Å²) in [7, 11) is 1.50. The van der Waals surface area contributed by atoms with Crippen LogP contribution >= 0.6 is 0 Å². The van der Waals surface area contributed by atoms with Crippen molar-refractivity contribution in [3.8, 4) is 0 Å². The molecular formula is C12H11NO2. The molecule has 1 heterocycles. The number of amides is 2. The lowest BCUT2D eigenvalue weighted by molar-refractivity contribution is 0.0693. The van der Waals surface area contributed by atoms with E-state index in [2.05, 4.69) is 0 Å². The van der Waals surface area contributed by atoms with E-state index < -0.39 is 0 Å². The first kappa shape index (κ1) is 9.65. The molecule has 0 N–H and O–H groups in total. The molecule has 0 atom stereocenters. The first-order valence-electron chi connectivity index (χ1n) is 4.75. The molecule has 0 fully saturated rings. The minimum absolute atomic E-state index is 0.219. The summed E-state index contributed by atoms with van der Waals surface area (Å²) >= 11 is 0. The topological polar surface area (TPSA) is 37.4 Å². The Hall–Kier alpha value is -1.90. The van der Waals surface area contributed by atoms with E-state index in [-0.39, 0.29) is 11.8 Å². The molecule has 15 heavy (non-hydrogen) atoms. The number of nitrogens with zero attached hydrogens (tertiary/aromatic N) is 1. The fourth-order valence-corrected chi connectivity index (χ4v) is 1.75. The first-order valence-corrected chi connectivity index (χ1v) is 4.75. The zero-order valence-corrected chi connectivity index (χ0v) is 8.65. The van der Waals surface area contributed by atoms with E-state index in [1.165, 1.54) is 7.05 Å². The van der Waals surface area contributed by atoms with Crippen LogP contribution in [0.25, 0.3) is 6.08 Å². The van der Waals surface area contributed by atoms with Gasteiger partial charge in [-0.1, -0.05) is 24.3 Å². The molecule has 76 valence electrons. The first-order chi connectivity index (χ1) is 7.16. The van der Waals surface area contributed by atoms with Crippen molar-refractivity contribution in [2.45, 2.75) is 6.92 Å². The van der Waals surface area contributed by atoms with Gasteiger partial charge < -0.3 is 0 Å². The summed E-state index contributed by atoms with van der Waals surface area (Å²) in [6.07, 6.45) is 3.69. The lowest BCUT2D eigenvalue weighted by Crippen LogP contribution is -2.24. The summed E-state index contributed by atoms with van der Waals surface area (Å²) in [6.45, 7) is 1.88. The Bertz CT molecular complexity index is 475. The van der Waals surface area contributed by atoms with Crippen molar-refractivity contribution in [1.29, 1.82) is 0 Å². The molecule has 1 aromatic carbocycles. The quantitative estimate of drug-likeness (QED) is 0.651. The SMILES string of the molecule is CC=Cc1cccc2c1C(=O)N(C)C2=O. The molecule has 2 amide bonds. The molecule has 1 aromatic rings. The van der Waals surface area contributed by atoms with Crippen molar-refractivity contribution < 1.29 is 9.59 Å². The third-order valence-corrected chi connectivity index (χ3v) is 2.50. The van der Waals surface area contributed by atoms with E-state index in [9.17, 15) is 9.59 Å². The van der Waals surface area contributed by atoms with Gasteiger partial charge in [-0.15, -0.1) is 0 Å². The average molecular weight is 201 g/mol. The number of fused-ring (bicyclic) bond motifs is 1. The average Bonchev–Trinajstić information content (AvgIpc) is 2.46. The van der Waals surface area contributed by atoms with Gasteiger partial charge in [-0.05, 0) is 18.6 Å². The zero-order valence-electron chi connectivity index (χ0n) is 8.65. The number of allylic oxidation sites excluding steroid dienone is 1. The zero-order chi connectivity index (χ0) is 11.0. The predicted molar refractivity (Wildman–Crippen MR) is 57.6 cm³/mol. The highest BCUT2D eigenvalue weighted by Gasteiger charge is 2.33. The second-order valence-electron chi connectivity index (χ2n) is 3.44. The van der Waals surface area contributed by atoms with E-state index >= 15 is 0 Å². The Morgan fingerprint density at radius 3 is 2.60 bits per heavy atom. The van der Waals surface area contributed by atoms with Crippen molar-refractivity contribution in [3.05, 3.63) is 41.0 Å². The standard InChI is InChI=1S/C12H11NO2/c1-3-5-8-6-4-7-9-10(8)12(15)13(2)11(9)14/h3-7H,1-2H3. The van der Waals surface area contributed by atoms with Crippen LogP contribution in [0.15, 0.2) is 24.3 Å². The molecule has 0 bridgehead atoms. The highest BCUT2D eigenvalue weighted by Crippen LogP contribution is 2.25. The van der Waals surface area contributed by atoms with Crippen molar-refractivity contribution >= 4 is 17.9 Å². The van der Waals surface area contributed by atoms with Crippen LogP contribution in [0, 0.1) is 0 Å². The van der Waals surface area contributed by atoms with Gasteiger partial charge in [-0.3, -0.25) is 14.5 Å². The molecular weight excluding hydrogens is 190 g/mol. The number of rotatable bonds is 1. The van der Waals surface area contributed by atoms with Gasteiger partial charge in [0, 0.05) is 7.05 Å². The highest BCUT2D eigenvalue weighted by molar-refractivity contribution is 6.22. The second kappa shape index (κ2) is 3.35. The van der Waals surface area contributed by atoms with E-state index in [0.29, 0.717) is 11.1 Å². The van der Waals surface area contributed by atoms with Crippen molar-refractivity contribution in [1.82, 2.24) is 4.90 Å². The molecule has 1 aliphatic rings. The summed E-state index contributed by atoms with van der Waals surface area (Å²) < 4.78 is 0. The summed E-state index contributed by atoms with van der Waals surface area (Å²) in [5.74, 6) is -0.440. The second-order valence-corrected chi connectivity index (χ2v) is 3.44. The molecule has 0 saturated heterocycles. The summed E-state index contributed by atoms with van der Waals surface area (Å²) in [4.78, 5) is 24.6. The van der Waals surface area contributed by atoms with Crippen LogP contribution < -0.4 is 0 Å². The van der Waals surface area contributed by atoms with Gasteiger partial charge in [0.05, 0.1) is 11.1 Å². The van der Waals surface area contributed by atoms with E-state index in [4.69, 9.17) is 0 Å². The molecule has 0 radical (unpaired) electrons. The van der Waals surface area contributed by atoms with Crippen molar-refractivity contribution in [3.63, 3.8) is 0 Å². The third-order valence-electron chi connectivity index (χ3n) is 2.50. The highest BCUT2D eigenvalue weighted by atomic mass is 16.2. The molecule has 0 aliphatic carbocycles. The lowest BCUT2D eigenvalue weighted by atomic mass is 10.0. The summed E-state index contributed by atoms with van der Waals surface area (Å²) in [6, 6.07) is 5.31. The molecule has 3 heteroatoms. The lowest BCUT2D eigenvalue weighted by Gasteiger charge is -2.03. The van der Waals surface area contributed by atoms with Crippen LogP contribution in [0.4, 0.5) is 0 Å². The Kier molecular flexibility index (Phi) is 2.15. The minimum atomic E-state index is -0.221. The largest absolute Gasteiger partial charge is 0.277 e. The fourth-order valence-electron chi connectivity index (χ4n) is 1.75. The van der Waals surface area contributed by atoms with Crippen molar-refractivity contribution in [2.24, 2.45) is 0 Å². The van der Waals surface area contributed by atoms with Gasteiger partial charge in [0.25, 0.3) is 11.8 Å². The Morgan fingerprint density at radius 1 is 1.20 bits per heavy atom. The molecule has 3 nitrogen and oxygen atoms in total. The smallest absolute Gasteiger partial charge is 0.261 e. The monoisotopic (exact) mass is 201 g/mol. The number of carbonyl (C=O) groups is 2. The maximum atomic E-state index is 11.8. The van der Waals surface area contributed by atoms with Gasteiger partial charge in [-0.25, -0.2) is 0 Å². The summed E-state index contributed by atoms with van der Waals surface area (Å²) in [5.41, 5.74) is 1.82. The number of hydrogen-bond acceptors (Lipinski definition) is 2. The molecule has 1 aliphatic heterocycles. The van der Waals surface area contributed by atoms with E-state index in [0.717, 1.165) is 10.5 Å². The maximum absolute atomic E-state index is 11.8. The van der Waals surface area contributed by atoms with Gasteiger partial charge in [-0.2, -0.15) is 0 Å². The molecule has 0 unspecified atom stereocenters. The van der Waals surface area contributed by atoms with Gasteiger partial charge in [0.2, 0.25) is 0 Å². The van der Waals surface area contributed by atoms with Gasteiger partial charge in [0.1, 0.15) is 0 Å². The summed E-state index contributed by atoms with van der Waals surface area (Å²) in [5, 5.41) is 0. The van der Waals surface area contributed by atoms with Crippen LogP contribution in [0.2, 0.25) is 0 Å². The van der Waals surface area contributed by atoms with Gasteiger partial charge in [0.15, 0.2) is 0 Å². The molecule has 0 saturated carbocycles. The van der Waals surface area contributed by atoms with Crippen LogP contribution in [0.1, 0.15) is 33.2 Å². The number of hydrogen-bond donors (Lipinski definition) is 0.